The third-order valence-corrected chi connectivity index (χ3v) is 5.44. The van der Waals surface area contributed by atoms with Crippen LogP contribution in [0.5, 0.6) is 0 Å². The van der Waals surface area contributed by atoms with Crippen molar-refractivity contribution in [2.24, 2.45) is 0 Å². The molecule has 186 valence electrons. The third-order valence-electron chi connectivity index (χ3n) is 5.08. The molecule has 0 aliphatic heterocycles. The van der Waals surface area contributed by atoms with Crippen LogP contribution in [0.4, 0.5) is 4.79 Å². The third kappa shape index (κ3) is 8.08. The smallest absolute Gasteiger partial charge is 0.408 e. The van der Waals surface area contributed by atoms with Crippen LogP contribution in [0.15, 0.2) is 54.6 Å². The lowest BCUT2D eigenvalue weighted by atomic mass is 9.97. The van der Waals surface area contributed by atoms with E-state index in [0.29, 0.717) is 11.1 Å². The second-order valence-corrected chi connectivity index (χ2v) is 9.21. The number of rotatable bonds is 9. The van der Waals surface area contributed by atoms with Gasteiger partial charge in [-0.3, -0.25) is 9.59 Å². The maximum absolute atomic E-state index is 13.6. The number of ether oxygens (including phenoxy) is 1. The average Bonchev–Trinajstić information content (AvgIpc) is 2.83. The fourth-order valence-electron chi connectivity index (χ4n) is 3.50. The number of thiol groups is 1. The van der Waals surface area contributed by atoms with Crippen LogP contribution in [-0.4, -0.2) is 46.7 Å². The zero-order valence-corrected chi connectivity index (χ0v) is 21.5. The van der Waals surface area contributed by atoms with Gasteiger partial charge in [0.2, 0.25) is 11.8 Å². The highest BCUT2D eigenvalue weighted by Gasteiger charge is 2.35. The van der Waals surface area contributed by atoms with Crippen molar-refractivity contribution in [1.29, 1.82) is 0 Å². The summed E-state index contributed by atoms with van der Waals surface area (Å²) < 4.78 is 5.29. The van der Waals surface area contributed by atoms with E-state index in [4.69, 9.17) is 11.2 Å². The SMILES string of the molecule is C#Cc1ccccc1C(C(=O)NCc1ccccc1)N(CC)C(=O)C(CS)NC(=O)OC(C)(C)C. The topological polar surface area (TPSA) is 87.7 Å². The molecule has 7 nitrogen and oxygen atoms in total. The van der Waals surface area contributed by atoms with Crippen LogP contribution in [0.2, 0.25) is 0 Å². The number of terminal acetylenes is 1. The molecule has 2 aromatic carbocycles. The Kier molecular flexibility index (Phi) is 10.2. The van der Waals surface area contributed by atoms with Crippen LogP contribution in [-0.2, 0) is 20.9 Å². The van der Waals surface area contributed by atoms with E-state index in [9.17, 15) is 14.4 Å². The van der Waals surface area contributed by atoms with E-state index >= 15 is 0 Å². The highest BCUT2D eigenvalue weighted by atomic mass is 32.1. The number of likely N-dealkylation sites (N-methyl/N-ethyl adjacent to an activating group) is 1. The van der Waals surface area contributed by atoms with E-state index in [2.05, 4.69) is 29.2 Å². The van der Waals surface area contributed by atoms with Gasteiger partial charge in [-0.2, -0.15) is 12.6 Å². The fraction of sp³-hybridized carbons (Fsp3) is 0.370. The lowest BCUT2D eigenvalue weighted by Gasteiger charge is -2.33. The molecule has 0 aliphatic carbocycles. The van der Waals surface area contributed by atoms with Gasteiger partial charge in [0.1, 0.15) is 17.7 Å². The van der Waals surface area contributed by atoms with E-state index in [1.165, 1.54) is 4.90 Å². The number of amides is 3. The molecule has 2 rings (SSSR count). The van der Waals surface area contributed by atoms with Gasteiger partial charge < -0.3 is 20.3 Å². The van der Waals surface area contributed by atoms with Crippen molar-refractivity contribution in [3.05, 3.63) is 71.3 Å². The summed E-state index contributed by atoms with van der Waals surface area (Å²) >= 11 is 4.26. The largest absolute Gasteiger partial charge is 0.444 e. The monoisotopic (exact) mass is 495 g/mol. The van der Waals surface area contributed by atoms with Crippen LogP contribution in [0, 0.1) is 12.3 Å². The first-order valence-corrected chi connectivity index (χ1v) is 12.0. The zero-order valence-electron chi connectivity index (χ0n) is 20.6. The Morgan fingerprint density at radius 2 is 1.71 bits per heavy atom. The minimum Gasteiger partial charge on any atom is -0.444 e. The van der Waals surface area contributed by atoms with Gasteiger partial charge in [-0.05, 0) is 44.9 Å². The molecule has 0 saturated heterocycles. The number of hydrogen-bond acceptors (Lipinski definition) is 5. The summed E-state index contributed by atoms with van der Waals surface area (Å²) in [5.74, 6) is 1.76. The molecule has 2 unspecified atom stereocenters. The van der Waals surface area contributed by atoms with E-state index in [1.807, 2.05) is 30.3 Å². The number of carbonyl (C=O) groups excluding carboxylic acids is 3. The molecule has 2 aromatic rings. The number of alkyl carbamates (subject to hydrolysis) is 1. The van der Waals surface area contributed by atoms with Crippen molar-refractivity contribution < 1.29 is 19.1 Å². The molecular formula is C27H33N3O4S. The predicted octanol–water partition coefficient (Wildman–Crippen LogP) is 3.70. The summed E-state index contributed by atoms with van der Waals surface area (Å²) in [7, 11) is 0. The van der Waals surface area contributed by atoms with Gasteiger partial charge in [0, 0.05) is 24.4 Å². The normalized spacial score (nSPS) is 12.6. The van der Waals surface area contributed by atoms with Crippen LogP contribution in [0.25, 0.3) is 0 Å². The molecule has 0 spiro atoms. The Morgan fingerprint density at radius 3 is 2.29 bits per heavy atom. The lowest BCUT2D eigenvalue weighted by Crippen LogP contribution is -2.53. The average molecular weight is 496 g/mol. The van der Waals surface area contributed by atoms with Crippen molar-refractivity contribution >= 4 is 30.5 Å². The van der Waals surface area contributed by atoms with Crippen molar-refractivity contribution in [2.75, 3.05) is 12.3 Å². The summed E-state index contributed by atoms with van der Waals surface area (Å²) in [5, 5.41) is 5.48. The summed E-state index contributed by atoms with van der Waals surface area (Å²) in [6.07, 6.45) is 4.97. The second-order valence-electron chi connectivity index (χ2n) is 8.84. The predicted molar refractivity (Wildman–Crippen MR) is 140 cm³/mol. The zero-order chi connectivity index (χ0) is 26.0. The van der Waals surface area contributed by atoms with Gasteiger partial charge in [0.05, 0.1) is 0 Å². The van der Waals surface area contributed by atoms with Gasteiger partial charge in [0.15, 0.2) is 0 Å². The number of carbonyl (C=O) groups is 3. The first kappa shape index (κ1) is 27.8. The molecule has 35 heavy (non-hydrogen) atoms. The van der Waals surface area contributed by atoms with Gasteiger partial charge >= 0.3 is 6.09 Å². The maximum Gasteiger partial charge on any atom is 0.408 e. The molecule has 2 atom stereocenters. The maximum atomic E-state index is 13.6. The lowest BCUT2D eigenvalue weighted by molar-refractivity contribution is -0.141. The van der Waals surface area contributed by atoms with Crippen LogP contribution in [0.3, 0.4) is 0 Å². The Balaban J connectivity index is 2.37. The molecule has 0 aromatic heterocycles. The van der Waals surface area contributed by atoms with Crippen LogP contribution in [0.1, 0.15) is 50.4 Å². The van der Waals surface area contributed by atoms with E-state index < -0.39 is 29.7 Å². The minimum absolute atomic E-state index is 0.0176. The van der Waals surface area contributed by atoms with Crippen molar-refractivity contribution in [3.8, 4) is 12.3 Å². The molecule has 8 heteroatoms. The van der Waals surface area contributed by atoms with Gasteiger partial charge in [0.25, 0.3) is 0 Å². The summed E-state index contributed by atoms with van der Waals surface area (Å²) in [6, 6.07) is 14.4. The highest BCUT2D eigenvalue weighted by molar-refractivity contribution is 7.80. The first-order chi connectivity index (χ1) is 16.6. The molecule has 2 N–H and O–H groups in total. The standard InChI is InChI=1S/C27H33N3O4S/c1-6-20-15-11-12-16-21(20)23(24(31)28-17-19-13-9-8-10-14-19)30(7-2)25(32)22(18-35)29-26(33)34-27(3,4)5/h1,8-16,22-23,35H,7,17-18H2,2-5H3,(H,28,31)(H,29,33). The Bertz CT molecular complexity index is 1060. The van der Waals surface area contributed by atoms with Crippen molar-refractivity contribution in [1.82, 2.24) is 15.5 Å². The number of nitrogens with zero attached hydrogens (tertiary/aromatic N) is 1. The highest BCUT2D eigenvalue weighted by Crippen LogP contribution is 2.26. The van der Waals surface area contributed by atoms with Crippen molar-refractivity contribution in [3.63, 3.8) is 0 Å². The molecule has 0 aliphatic rings. The summed E-state index contributed by atoms with van der Waals surface area (Å²) in [4.78, 5) is 40.8. The first-order valence-electron chi connectivity index (χ1n) is 11.4. The summed E-state index contributed by atoms with van der Waals surface area (Å²) in [5.41, 5.74) is 1.20. The molecule has 3 amide bonds. The van der Waals surface area contributed by atoms with Gasteiger partial charge in [-0.25, -0.2) is 4.79 Å². The second kappa shape index (κ2) is 12.9. The quantitative estimate of drug-likeness (QED) is 0.366. The van der Waals surface area contributed by atoms with Crippen LogP contribution >= 0.6 is 12.6 Å². The van der Waals surface area contributed by atoms with Crippen LogP contribution < -0.4 is 10.6 Å². The van der Waals surface area contributed by atoms with E-state index in [0.717, 1.165) is 5.56 Å². The van der Waals surface area contributed by atoms with Gasteiger partial charge in [-0.1, -0.05) is 54.5 Å². The van der Waals surface area contributed by atoms with Crippen molar-refractivity contribution in [2.45, 2.75) is 51.9 Å². The van der Waals surface area contributed by atoms with E-state index in [-0.39, 0.29) is 24.7 Å². The molecule has 0 radical (unpaired) electrons. The Hall–Kier alpha value is -3.44. The van der Waals surface area contributed by atoms with E-state index in [1.54, 1.807) is 52.0 Å². The summed E-state index contributed by atoms with van der Waals surface area (Å²) in [6.45, 7) is 7.43. The Morgan fingerprint density at radius 1 is 1.09 bits per heavy atom. The molecule has 0 fully saturated rings. The Labute approximate surface area is 213 Å². The number of nitrogens with one attached hydrogen (secondary N) is 2. The molecule has 0 bridgehead atoms. The minimum atomic E-state index is -1.01. The number of hydrogen-bond donors (Lipinski definition) is 3. The molecule has 0 saturated carbocycles. The fourth-order valence-corrected chi connectivity index (χ4v) is 3.75. The molecular weight excluding hydrogens is 462 g/mol. The number of benzene rings is 2. The van der Waals surface area contributed by atoms with Gasteiger partial charge in [-0.15, -0.1) is 6.42 Å². The molecule has 0 heterocycles.